The quantitative estimate of drug-likeness (QED) is 0.592. The number of aromatic nitrogens is 3. The molecular formula is C24H28N4O4. The monoisotopic (exact) mass is 436 g/mol. The topological polar surface area (TPSA) is 101 Å². The highest BCUT2D eigenvalue weighted by Crippen LogP contribution is 2.39. The Morgan fingerprint density at radius 1 is 1.16 bits per heavy atom. The number of anilines is 1. The van der Waals surface area contributed by atoms with Crippen molar-refractivity contribution in [3.8, 4) is 0 Å². The van der Waals surface area contributed by atoms with Gasteiger partial charge in [0.15, 0.2) is 5.82 Å². The average molecular weight is 437 g/mol. The molecule has 0 bridgehead atoms. The highest BCUT2D eigenvalue weighted by molar-refractivity contribution is 5.71. The first-order chi connectivity index (χ1) is 15.6. The van der Waals surface area contributed by atoms with E-state index >= 15 is 0 Å². The molecule has 8 nitrogen and oxygen atoms in total. The first-order valence-corrected chi connectivity index (χ1v) is 11.2. The fraction of sp³-hybridized carbons (Fsp3) is 0.458. The summed E-state index contributed by atoms with van der Waals surface area (Å²) >= 11 is 0. The Kier molecular flexibility index (Phi) is 5.80. The Morgan fingerprint density at radius 2 is 1.97 bits per heavy atom. The standard InChI is InChI=1S/C24H28N4O4/c25-23-20-8-7-19(28(20)27-16-26-23)21-9-6-18(32-21)15-31-22(29)14-24(10-12-30-13-11-24)17-4-2-1-3-5-17/h1-5,7-8,16,18,21H,6,9-15H2,(H2,25,26,27). The van der Waals surface area contributed by atoms with E-state index in [-0.39, 0.29) is 30.2 Å². The van der Waals surface area contributed by atoms with Crippen LogP contribution in [0.2, 0.25) is 0 Å². The molecule has 0 spiro atoms. The summed E-state index contributed by atoms with van der Waals surface area (Å²) in [6.45, 7) is 1.58. The highest BCUT2D eigenvalue weighted by Gasteiger charge is 2.37. The van der Waals surface area contributed by atoms with Crippen molar-refractivity contribution in [2.75, 3.05) is 25.6 Å². The van der Waals surface area contributed by atoms with E-state index < -0.39 is 0 Å². The smallest absolute Gasteiger partial charge is 0.306 e. The molecule has 0 radical (unpaired) electrons. The van der Waals surface area contributed by atoms with E-state index in [1.165, 1.54) is 11.9 Å². The van der Waals surface area contributed by atoms with Gasteiger partial charge in [0.05, 0.1) is 18.2 Å². The van der Waals surface area contributed by atoms with Crippen molar-refractivity contribution < 1.29 is 19.0 Å². The number of nitrogens with zero attached hydrogens (tertiary/aromatic N) is 3. The summed E-state index contributed by atoms with van der Waals surface area (Å²) in [5, 5.41) is 4.30. The molecule has 168 valence electrons. The summed E-state index contributed by atoms with van der Waals surface area (Å²) in [7, 11) is 0. The Morgan fingerprint density at radius 3 is 2.78 bits per heavy atom. The van der Waals surface area contributed by atoms with E-state index in [4.69, 9.17) is 19.9 Å². The predicted octanol–water partition coefficient (Wildman–Crippen LogP) is 3.21. The number of carbonyl (C=O) groups is 1. The molecule has 2 unspecified atom stereocenters. The van der Waals surface area contributed by atoms with Gasteiger partial charge in [-0.1, -0.05) is 30.3 Å². The van der Waals surface area contributed by atoms with Crippen LogP contribution < -0.4 is 5.73 Å². The lowest BCUT2D eigenvalue weighted by molar-refractivity contribution is -0.150. The summed E-state index contributed by atoms with van der Waals surface area (Å²) in [5.74, 6) is 0.256. The lowest BCUT2D eigenvalue weighted by Gasteiger charge is -2.37. The molecule has 3 aromatic rings. The summed E-state index contributed by atoms with van der Waals surface area (Å²) in [6.07, 6.45) is 4.86. The van der Waals surface area contributed by atoms with E-state index in [1.54, 1.807) is 4.52 Å². The third-order valence-corrected chi connectivity index (χ3v) is 6.70. The van der Waals surface area contributed by atoms with Crippen molar-refractivity contribution in [3.05, 3.63) is 60.0 Å². The molecule has 2 aliphatic heterocycles. The van der Waals surface area contributed by atoms with Crippen LogP contribution >= 0.6 is 0 Å². The molecule has 0 saturated carbocycles. The van der Waals surface area contributed by atoms with E-state index in [0.29, 0.717) is 25.5 Å². The molecule has 8 heteroatoms. The van der Waals surface area contributed by atoms with Gasteiger partial charge in [0.2, 0.25) is 0 Å². The van der Waals surface area contributed by atoms with Gasteiger partial charge in [0.1, 0.15) is 24.6 Å². The van der Waals surface area contributed by atoms with Crippen molar-refractivity contribution in [3.63, 3.8) is 0 Å². The van der Waals surface area contributed by atoms with Gasteiger partial charge >= 0.3 is 5.97 Å². The molecule has 5 rings (SSSR count). The average Bonchev–Trinajstić information content (AvgIpc) is 3.47. The van der Waals surface area contributed by atoms with E-state index in [0.717, 1.165) is 36.9 Å². The molecule has 2 N–H and O–H groups in total. The summed E-state index contributed by atoms with van der Waals surface area (Å²) < 4.78 is 19.2. The Bertz CT molecular complexity index is 1080. The molecule has 2 saturated heterocycles. The molecule has 2 aliphatic rings. The fourth-order valence-electron chi connectivity index (χ4n) is 4.90. The number of fused-ring (bicyclic) bond motifs is 1. The minimum absolute atomic E-state index is 0.110. The highest BCUT2D eigenvalue weighted by atomic mass is 16.6. The maximum absolute atomic E-state index is 12.8. The van der Waals surface area contributed by atoms with Gasteiger partial charge in [0, 0.05) is 18.6 Å². The van der Waals surface area contributed by atoms with Gasteiger partial charge in [-0.3, -0.25) is 4.79 Å². The summed E-state index contributed by atoms with van der Waals surface area (Å²) in [5.41, 5.74) is 8.59. The van der Waals surface area contributed by atoms with Crippen LogP contribution in [-0.2, 0) is 24.4 Å². The summed E-state index contributed by atoms with van der Waals surface area (Å²) in [4.78, 5) is 16.8. The number of rotatable bonds is 6. The van der Waals surface area contributed by atoms with Gasteiger partial charge < -0.3 is 19.9 Å². The number of carbonyl (C=O) groups excluding carboxylic acids is 1. The number of hydrogen-bond acceptors (Lipinski definition) is 7. The Labute approximate surface area is 186 Å². The molecule has 2 fully saturated rings. The van der Waals surface area contributed by atoms with Crippen molar-refractivity contribution in [2.45, 2.75) is 49.7 Å². The van der Waals surface area contributed by atoms with Crippen LogP contribution in [0.25, 0.3) is 5.52 Å². The second kappa shape index (κ2) is 8.88. The molecule has 0 amide bonds. The maximum atomic E-state index is 12.8. The Balaban J connectivity index is 1.20. The largest absolute Gasteiger partial charge is 0.463 e. The lowest BCUT2D eigenvalue weighted by atomic mass is 9.72. The first kappa shape index (κ1) is 20.9. The van der Waals surface area contributed by atoms with Crippen molar-refractivity contribution in [2.24, 2.45) is 0 Å². The van der Waals surface area contributed by atoms with Crippen molar-refractivity contribution in [1.29, 1.82) is 0 Å². The number of hydrogen-bond donors (Lipinski definition) is 1. The third kappa shape index (κ3) is 4.08. The Hall–Kier alpha value is -2.97. The number of esters is 1. The molecule has 4 heterocycles. The zero-order chi connectivity index (χ0) is 22.0. The number of ether oxygens (including phenoxy) is 3. The zero-order valence-electron chi connectivity index (χ0n) is 18.0. The molecular weight excluding hydrogens is 408 g/mol. The van der Waals surface area contributed by atoms with Crippen molar-refractivity contribution >= 4 is 17.3 Å². The van der Waals surface area contributed by atoms with Crippen LogP contribution in [-0.4, -0.2) is 46.5 Å². The first-order valence-electron chi connectivity index (χ1n) is 11.2. The number of benzene rings is 1. The van der Waals surface area contributed by atoms with Crippen LogP contribution in [0.5, 0.6) is 0 Å². The maximum Gasteiger partial charge on any atom is 0.306 e. The lowest BCUT2D eigenvalue weighted by Crippen LogP contribution is -2.37. The van der Waals surface area contributed by atoms with Crippen LogP contribution in [0.15, 0.2) is 48.8 Å². The van der Waals surface area contributed by atoms with Crippen LogP contribution in [0, 0.1) is 0 Å². The van der Waals surface area contributed by atoms with Gasteiger partial charge in [-0.05, 0) is 43.4 Å². The van der Waals surface area contributed by atoms with Crippen LogP contribution in [0.1, 0.15) is 49.5 Å². The van der Waals surface area contributed by atoms with Crippen LogP contribution in [0.3, 0.4) is 0 Å². The molecule has 32 heavy (non-hydrogen) atoms. The minimum atomic E-state index is -0.222. The number of nitrogens with two attached hydrogens (primary N) is 1. The third-order valence-electron chi connectivity index (χ3n) is 6.70. The second-order valence-corrected chi connectivity index (χ2v) is 8.64. The van der Waals surface area contributed by atoms with Crippen molar-refractivity contribution in [1.82, 2.24) is 14.6 Å². The molecule has 2 atom stereocenters. The van der Waals surface area contributed by atoms with Gasteiger partial charge in [-0.25, -0.2) is 9.50 Å². The van der Waals surface area contributed by atoms with Gasteiger partial charge in [-0.15, -0.1) is 0 Å². The van der Waals surface area contributed by atoms with Gasteiger partial charge in [0.25, 0.3) is 0 Å². The molecule has 1 aromatic carbocycles. The predicted molar refractivity (Wildman–Crippen MR) is 118 cm³/mol. The number of nitrogen functional groups attached to an aromatic ring is 1. The SMILES string of the molecule is Nc1ncnn2c(C3CCC(COC(=O)CC4(c5ccccc5)CCOCC4)O3)ccc12. The van der Waals surface area contributed by atoms with E-state index in [1.807, 2.05) is 30.3 Å². The normalized spacial score (nSPS) is 22.8. The summed E-state index contributed by atoms with van der Waals surface area (Å²) in [6, 6.07) is 14.1. The van der Waals surface area contributed by atoms with E-state index in [2.05, 4.69) is 22.2 Å². The second-order valence-electron chi connectivity index (χ2n) is 8.64. The fourth-order valence-corrected chi connectivity index (χ4v) is 4.90. The minimum Gasteiger partial charge on any atom is -0.463 e. The zero-order valence-corrected chi connectivity index (χ0v) is 18.0. The van der Waals surface area contributed by atoms with Crippen LogP contribution in [0.4, 0.5) is 5.82 Å². The molecule has 0 aliphatic carbocycles. The molecule has 2 aromatic heterocycles. The van der Waals surface area contributed by atoms with E-state index in [9.17, 15) is 4.79 Å². The van der Waals surface area contributed by atoms with Gasteiger partial charge in [-0.2, -0.15) is 5.10 Å².